The number of benzene rings is 3. The Bertz CT molecular complexity index is 1620. The van der Waals surface area contributed by atoms with E-state index < -0.39 is 0 Å². The number of fused-ring (bicyclic) bond motifs is 2. The Morgan fingerprint density at radius 1 is 0.921 bits per heavy atom. The Balaban J connectivity index is 1.49. The highest BCUT2D eigenvalue weighted by atomic mass is 32.1. The van der Waals surface area contributed by atoms with Crippen molar-refractivity contribution < 1.29 is 4.74 Å². The number of rotatable bonds is 10. The standard InChI is InChI=1S/C33H36N2O2S/c1-5-6-7-10-18-37-29-17-16-26(19-23(29)2)30-22-35-31(36)21-27(32(34(3)4)33(35)38-30)20-25-14-11-13-24-12-8-9-15-28(24)25/h8-9,11-17,19,21-22H,5-7,10,18,20H2,1-4H3. The first-order chi connectivity index (χ1) is 18.5. The maximum atomic E-state index is 13.3. The van der Waals surface area contributed by atoms with E-state index in [-0.39, 0.29) is 5.56 Å². The summed E-state index contributed by atoms with van der Waals surface area (Å²) in [4.78, 5) is 17.5. The van der Waals surface area contributed by atoms with Crippen LogP contribution in [0.1, 0.15) is 49.3 Å². The first-order valence-electron chi connectivity index (χ1n) is 13.5. The summed E-state index contributed by atoms with van der Waals surface area (Å²) in [5, 5.41) is 2.45. The quantitative estimate of drug-likeness (QED) is 0.173. The minimum Gasteiger partial charge on any atom is -0.493 e. The van der Waals surface area contributed by atoms with Crippen LogP contribution in [0, 0.1) is 6.92 Å². The third-order valence-electron chi connectivity index (χ3n) is 7.14. The van der Waals surface area contributed by atoms with E-state index in [1.807, 2.05) is 6.20 Å². The van der Waals surface area contributed by atoms with Gasteiger partial charge in [-0.3, -0.25) is 9.20 Å². The maximum absolute atomic E-state index is 13.3. The second-order valence-electron chi connectivity index (χ2n) is 10.2. The van der Waals surface area contributed by atoms with Crippen LogP contribution in [0.4, 0.5) is 5.69 Å². The zero-order valence-corrected chi connectivity index (χ0v) is 23.6. The Morgan fingerprint density at radius 2 is 1.74 bits per heavy atom. The van der Waals surface area contributed by atoms with E-state index in [1.165, 1.54) is 35.6 Å². The van der Waals surface area contributed by atoms with Crippen molar-refractivity contribution in [2.24, 2.45) is 0 Å². The van der Waals surface area contributed by atoms with Gasteiger partial charge in [-0.25, -0.2) is 0 Å². The molecule has 0 fully saturated rings. The lowest BCUT2D eigenvalue weighted by Crippen LogP contribution is -2.19. The van der Waals surface area contributed by atoms with E-state index in [4.69, 9.17) is 4.74 Å². The molecule has 0 unspecified atom stereocenters. The highest BCUT2D eigenvalue weighted by molar-refractivity contribution is 7.21. The zero-order chi connectivity index (χ0) is 26.6. The SMILES string of the molecule is CCCCCCOc1ccc(-c2cn3c(=O)cc(Cc4cccc5ccccc45)c(N(C)C)c3s2)cc1C. The molecule has 0 saturated heterocycles. The molecule has 0 N–H and O–H groups in total. The molecule has 2 aromatic heterocycles. The van der Waals surface area contributed by atoms with Crippen molar-refractivity contribution in [3.05, 3.63) is 100.0 Å². The summed E-state index contributed by atoms with van der Waals surface area (Å²) in [5.74, 6) is 0.940. The van der Waals surface area contributed by atoms with E-state index in [0.717, 1.165) is 50.9 Å². The molecular weight excluding hydrogens is 488 g/mol. The fourth-order valence-corrected chi connectivity index (χ4v) is 6.44. The molecular formula is C33H36N2O2S. The van der Waals surface area contributed by atoms with E-state index >= 15 is 0 Å². The maximum Gasteiger partial charge on any atom is 0.256 e. The Labute approximate surface area is 229 Å². The number of thiazole rings is 1. The van der Waals surface area contributed by atoms with Gasteiger partial charge in [0.25, 0.3) is 5.56 Å². The molecule has 0 aliphatic heterocycles. The van der Waals surface area contributed by atoms with Gasteiger partial charge in [0.2, 0.25) is 0 Å². The Hall–Kier alpha value is -3.57. The predicted octanol–water partition coefficient (Wildman–Crippen LogP) is 8.11. The van der Waals surface area contributed by atoms with Crippen molar-refractivity contribution in [1.82, 2.24) is 4.40 Å². The van der Waals surface area contributed by atoms with Crippen molar-refractivity contribution >= 4 is 32.6 Å². The molecule has 0 atom stereocenters. The summed E-state index contributed by atoms with van der Waals surface area (Å²) in [6.07, 6.45) is 7.47. The van der Waals surface area contributed by atoms with Crippen molar-refractivity contribution in [2.45, 2.75) is 46.0 Å². The molecule has 0 amide bonds. The summed E-state index contributed by atoms with van der Waals surface area (Å²) >= 11 is 1.67. The summed E-state index contributed by atoms with van der Waals surface area (Å²) in [6, 6.07) is 23.0. The number of nitrogens with zero attached hydrogens (tertiary/aromatic N) is 2. The van der Waals surface area contributed by atoms with Gasteiger partial charge in [0.15, 0.2) is 0 Å². The van der Waals surface area contributed by atoms with Gasteiger partial charge in [-0.15, -0.1) is 11.3 Å². The summed E-state index contributed by atoms with van der Waals surface area (Å²) in [7, 11) is 4.12. The van der Waals surface area contributed by atoms with Crippen LogP contribution >= 0.6 is 11.3 Å². The van der Waals surface area contributed by atoms with Crippen LogP contribution < -0.4 is 15.2 Å². The minimum atomic E-state index is 0.00657. The van der Waals surface area contributed by atoms with Crippen molar-refractivity contribution in [3.8, 4) is 16.2 Å². The number of anilines is 1. The fourth-order valence-electron chi connectivity index (χ4n) is 5.18. The number of aromatic nitrogens is 1. The molecule has 38 heavy (non-hydrogen) atoms. The van der Waals surface area contributed by atoms with Gasteiger partial charge in [0, 0.05) is 32.8 Å². The normalized spacial score (nSPS) is 11.4. The van der Waals surface area contributed by atoms with Crippen LogP contribution in [0.2, 0.25) is 0 Å². The second-order valence-corrected chi connectivity index (χ2v) is 11.3. The molecule has 196 valence electrons. The molecule has 0 bridgehead atoms. The number of unbranched alkanes of at least 4 members (excludes halogenated alkanes) is 3. The molecule has 5 rings (SSSR count). The van der Waals surface area contributed by atoms with Gasteiger partial charge in [-0.2, -0.15) is 0 Å². The summed E-state index contributed by atoms with van der Waals surface area (Å²) in [6.45, 7) is 5.07. The predicted molar refractivity (Wildman–Crippen MR) is 162 cm³/mol. The van der Waals surface area contributed by atoms with Crippen LogP contribution in [0.15, 0.2) is 77.7 Å². The molecule has 4 nitrogen and oxygen atoms in total. The van der Waals surface area contributed by atoms with Crippen molar-refractivity contribution in [3.63, 3.8) is 0 Å². The van der Waals surface area contributed by atoms with Gasteiger partial charge in [0.05, 0.1) is 17.2 Å². The lowest BCUT2D eigenvalue weighted by molar-refractivity contribution is 0.303. The zero-order valence-electron chi connectivity index (χ0n) is 22.8. The van der Waals surface area contributed by atoms with Crippen LogP contribution in [0.5, 0.6) is 5.75 Å². The van der Waals surface area contributed by atoms with Crippen LogP contribution in [0.25, 0.3) is 26.0 Å². The van der Waals surface area contributed by atoms with E-state index in [2.05, 4.69) is 93.5 Å². The molecule has 0 spiro atoms. The van der Waals surface area contributed by atoms with Gasteiger partial charge < -0.3 is 9.64 Å². The molecule has 5 aromatic rings. The van der Waals surface area contributed by atoms with E-state index in [1.54, 1.807) is 21.8 Å². The number of hydrogen-bond donors (Lipinski definition) is 0. The highest BCUT2D eigenvalue weighted by Crippen LogP contribution is 2.37. The summed E-state index contributed by atoms with van der Waals surface area (Å²) < 4.78 is 7.85. The Kier molecular flexibility index (Phi) is 7.85. The second kappa shape index (κ2) is 11.4. The van der Waals surface area contributed by atoms with Gasteiger partial charge in [-0.05, 0) is 64.6 Å². The average molecular weight is 525 g/mol. The monoisotopic (exact) mass is 524 g/mol. The van der Waals surface area contributed by atoms with Crippen LogP contribution in [-0.4, -0.2) is 25.1 Å². The minimum absolute atomic E-state index is 0.00657. The van der Waals surface area contributed by atoms with E-state index in [0.29, 0.717) is 6.42 Å². The third-order valence-corrected chi connectivity index (χ3v) is 8.28. The largest absolute Gasteiger partial charge is 0.493 e. The molecule has 5 heteroatoms. The number of aryl methyl sites for hydroxylation is 1. The molecule has 3 aromatic carbocycles. The number of pyridine rings is 1. The van der Waals surface area contributed by atoms with Gasteiger partial charge >= 0.3 is 0 Å². The van der Waals surface area contributed by atoms with Crippen LogP contribution in [0.3, 0.4) is 0 Å². The van der Waals surface area contributed by atoms with Crippen molar-refractivity contribution in [1.29, 1.82) is 0 Å². The van der Waals surface area contributed by atoms with E-state index in [9.17, 15) is 4.79 Å². The lowest BCUT2D eigenvalue weighted by atomic mass is 9.98. The Morgan fingerprint density at radius 3 is 2.53 bits per heavy atom. The first-order valence-corrected chi connectivity index (χ1v) is 14.3. The summed E-state index contributed by atoms with van der Waals surface area (Å²) in [5.41, 5.74) is 5.60. The highest BCUT2D eigenvalue weighted by Gasteiger charge is 2.18. The van der Waals surface area contributed by atoms with Gasteiger partial charge in [-0.1, -0.05) is 68.7 Å². The first kappa shape index (κ1) is 26.1. The molecule has 0 saturated carbocycles. The van der Waals surface area contributed by atoms with Crippen molar-refractivity contribution in [2.75, 3.05) is 25.6 Å². The average Bonchev–Trinajstić information content (AvgIpc) is 3.35. The lowest BCUT2D eigenvalue weighted by Gasteiger charge is -2.19. The molecule has 0 aliphatic rings. The topological polar surface area (TPSA) is 34.0 Å². The fraction of sp³-hybridized carbons (Fsp3) is 0.303. The molecule has 2 heterocycles. The number of ether oxygens (including phenoxy) is 1. The van der Waals surface area contributed by atoms with Gasteiger partial charge in [0.1, 0.15) is 10.6 Å². The third kappa shape index (κ3) is 5.34. The number of hydrogen-bond acceptors (Lipinski definition) is 4. The molecule has 0 aliphatic carbocycles. The smallest absolute Gasteiger partial charge is 0.256 e. The molecule has 0 radical (unpaired) electrons. The van der Waals surface area contributed by atoms with Crippen LogP contribution in [-0.2, 0) is 6.42 Å².